The summed E-state index contributed by atoms with van der Waals surface area (Å²) in [7, 11) is 0. The number of benzene rings is 2. The molecule has 0 amide bonds. The summed E-state index contributed by atoms with van der Waals surface area (Å²) in [6, 6.07) is 12.7. The van der Waals surface area contributed by atoms with Crippen molar-refractivity contribution < 1.29 is 25.2 Å². The summed E-state index contributed by atoms with van der Waals surface area (Å²) in [5, 5.41) is 32.8. The van der Waals surface area contributed by atoms with Gasteiger partial charge >= 0.3 is 6.16 Å². The first kappa shape index (κ1) is 17.8. The summed E-state index contributed by atoms with van der Waals surface area (Å²) in [5.74, 6) is 0.502. The molecule has 0 bridgehead atoms. The molecule has 0 aromatic heterocycles. The lowest BCUT2D eigenvalue weighted by molar-refractivity contribution is 0.137. The predicted molar refractivity (Wildman–Crippen MR) is 86.7 cm³/mol. The lowest BCUT2D eigenvalue weighted by Gasteiger charge is -2.26. The van der Waals surface area contributed by atoms with Crippen molar-refractivity contribution in [1.82, 2.24) is 0 Å². The molecule has 0 aliphatic rings. The molecule has 0 aliphatic carbocycles. The Labute approximate surface area is 136 Å². The highest BCUT2D eigenvalue weighted by atomic mass is 79.9. The van der Waals surface area contributed by atoms with Gasteiger partial charge in [-0.05, 0) is 51.3 Å². The normalized spacial score (nSPS) is 10.5. The Morgan fingerprint density at radius 2 is 1.41 bits per heavy atom. The zero-order chi connectivity index (χ0) is 16.9. The number of carboxylic acid groups (broad SMARTS) is 2. The highest BCUT2D eigenvalue weighted by Gasteiger charge is 2.23. The van der Waals surface area contributed by atoms with Crippen molar-refractivity contribution in [2.45, 2.75) is 19.3 Å². The van der Waals surface area contributed by atoms with Crippen molar-refractivity contribution >= 4 is 22.1 Å². The molecule has 0 fully saturated rings. The van der Waals surface area contributed by atoms with Gasteiger partial charge in [0, 0.05) is 5.41 Å². The molecule has 0 radical (unpaired) electrons. The van der Waals surface area contributed by atoms with E-state index in [1.807, 2.05) is 24.3 Å². The van der Waals surface area contributed by atoms with Crippen LogP contribution in [0.4, 0.5) is 4.79 Å². The number of hydrogen-bond acceptors (Lipinski definition) is 3. The molecule has 0 saturated carbocycles. The molecule has 0 aliphatic heterocycles. The van der Waals surface area contributed by atoms with E-state index in [2.05, 4.69) is 29.8 Å². The monoisotopic (exact) mass is 368 g/mol. The van der Waals surface area contributed by atoms with Gasteiger partial charge in [0.1, 0.15) is 11.5 Å². The molecule has 6 heteroatoms. The van der Waals surface area contributed by atoms with Gasteiger partial charge in [-0.3, -0.25) is 0 Å². The average molecular weight is 369 g/mol. The van der Waals surface area contributed by atoms with Crippen LogP contribution in [-0.2, 0) is 5.41 Å². The van der Waals surface area contributed by atoms with Crippen LogP contribution in [0.3, 0.4) is 0 Å². The molecule has 4 N–H and O–H groups in total. The fraction of sp³-hybridized carbons (Fsp3) is 0.188. The number of phenolic OH excluding ortho intramolecular Hbond substituents is 2. The third-order valence-corrected chi connectivity index (χ3v) is 3.89. The molecular weight excluding hydrogens is 352 g/mol. The Balaban J connectivity index is 0.000000541. The molecule has 22 heavy (non-hydrogen) atoms. The Morgan fingerprint density at radius 1 is 0.955 bits per heavy atom. The highest BCUT2D eigenvalue weighted by molar-refractivity contribution is 9.10. The van der Waals surface area contributed by atoms with E-state index < -0.39 is 6.16 Å². The second kappa shape index (κ2) is 7.17. The van der Waals surface area contributed by atoms with Crippen LogP contribution in [0.1, 0.15) is 25.0 Å². The maximum atomic E-state index is 9.54. The maximum absolute atomic E-state index is 9.54. The topological polar surface area (TPSA) is 98.0 Å². The second-order valence-corrected chi connectivity index (χ2v) is 5.97. The Kier molecular flexibility index (Phi) is 5.82. The Hall–Kier alpha value is -2.21. The number of aromatic hydroxyl groups is 2. The van der Waals surface area contributed by atoms with Gasteiger partial charge in [-0.1, -0.05) is 32.0 Å². The van der Waals surface area contributed by atoms with Crippen LogP contribution < -0.4 is 0 Å². The van der Waals surface area contributed by atoms with Crippen molar-refractivity contribution in [3.8, 4) is 11.5 Å². The van der Waals surface area contributed by atoms with Crippen molar-refractivity contribution in [2.75, 3.05) is 0 Å². The van der Waals surface area contributed by atoms with E-state index in [-0.39, 0.29) is 16.9 Å². The van der Waals surface area contributed by atoms with E-state index >= 15 is 0 Å². The minimum atomic E-state index is -1.83. The zero-order valence-electron chi connectivity index (χ0n) is 12.1. The SMILES string of the molecule is CC(C)(c1ccc(O)cc1)c1ccc(O)c(Br)c1.O=C(O)O. The van der Waals surface area contributed by atoms with E-state index in [1.54, 1.807) is 18.2 Å². The number of rotatable bonds is 2. The van der Waals surface area contributed by atoms with E-state index in [1.165, 1.54) is 0 Å². The van der Waals surface area contributed by atoms with Crippen molar-refractivity contribution in [2.24, 2.45) is 0 Å². The molecule has 0 spiro atoms. The van der Waals surface area contributed by atoms with Crippen LogP contribution >= 0.6 is 15.9 Å². The summed E-state index contributed by atoms with van der Waals surface area (Å²) in [6.45, 7) is 4.22. The molecule has 0 unspecified atom stereocenters. The summed E-state index contributed by atoms with van der Waals surface area (Å²) in [4.78, 5) is 8.56. The summed E-state index contributed by atoms with van der Waals surface area (Å²) in [6.07, 6.45) is -1.83. The maximum Gasteiger partial charge on any atom is 0.503 e. The minimum Gasteiger partial charge on any atom is -0.508 e. The molecule has 5 nitrogen and oxygen atoms in total. The number of carbonyl (C=O) groups is 1. The number of hydrogen-bond donors (Lipinski definition) is 4. The van der Waals surface area contributed by atoms with E-state index in [0.717, 1.165) is 11.1 Å². The van der Waals surface area contributed by atoms with Crippen LogP contribution in [0.25, 0.3) is 0 Å². The van der Waals surface area contributed by atoms with E-state index in [0.29, 0.717) is 4.47 Å². The highest BCUT2D eigenvalue weighted by Crippen LogP contribution is 2.35. The summed E-state index contributed by atoms with van der Waals surface area (Å²) in [5.41, 5.74) is 2.01. The van der Waals surface area contributed by atoms with Gasteiger partial charge < -0.3 is 20.4 Å². The molecule has 118 valence electrons. The van der Waals surface area contributed by atoms with Gasteiger partial charge in [-0.15, -0.1) is 0 Å². The van der Waals surface area contributed by atoms with Gasteiger partial charge in [-0.25, -0.2) is 4.79 Å². The van der Waals surface area contributed by atoms with Crippen LogP contribution in [0.5, 0.6) is 11.5 Å². The average Bonchev–Trinajstić information content (AvgIpc) is 2.41. The second-order valence-electron chi connectivity index (χ2n) is 5.12. The minimum absolute atomic E-state index is 0.191. The van der Waals surface area contributed by atoms with Crippen molar-refractivity contribution in [1.29, 1.82) is 0 Å². The lowest BCUT2D eigenvalue weighted by atomic mass is 9.78. The fourth-order valence-corrected chi connectivity index (χ4v) is 2.32. The van der Waals surface area contributed by atoms with Crippen LogP contribution in [-0.4, -0.2) is 26.6 Å². The Morgan fingerprint density at radius 3 is 1.86 bits per heavy atom. The van der Waals surface area contributed by atoms with Gasteiger partial charge in [0.25, 0.3) is 0 Å². The standard InChI is InChI=1S/C15H15BrO2.CH2O3/c1-15(2,10-3-6-12(17)7-4-10)11-5-8-14(18)13(16)9-11;2-1(3)4/h3-9,17-18H,1-2H3;(H2,2,3,4). The third-order valence-electron chi connectivity index (χ3n) is 3.26. The first-order valence-electron chi connectivity index (χ1n) is 6.35. The zero-order valence-corrected chi connectivity index (χ0v) is 13.7. The Bertz CT molecular complexity index is 646. The van der Waals surface area contributed by atoms with Gasteiger partial charge in [0.15, 0.2) is 0 Å². The molecule has 2 aromatic rings. The number of phenols is 2. The van der Waals surface area contributed by atoms with Crippen molar-refractivity contribution in [3.05, 3.63) is 58.1 Å². The van der Waals surface area contributed by atoms with Crippen LogP contribution in [0, 0.1) is 0 Å². The van der Waals surface area contributed by atoms with Crippen LogP contribution in [0.15, 0.2) is 46.9 Å². The largest absolute Gasteiger partial charge is 0.508 e. The van der Waals surface area contributed by atoms with Gasteiger partial charge in [0.2, 0.25) is 0 Å². The fourth-order valence-electron chi connectivity index (χ4n) is 1.94. The third kappa shape index (κ3) is 4.66. The molecule has 0 saturated heterocycles. The van der Waals surface area contributed by atoms with Crippen molar-refractivity contribution in [3.63, 3.8) is 0 Å². The molecule has 2 aromatic carbocycles. The lowest BCUT2D eigenvalue weighted by Crippen LogP contribution is -2.18. The molecular formula is C16H17BrO5. The van der Waals surface area contributed by atoms with Crippen LogP contribution in [0.2, 0.25) is 0 Å². The first-order chi connectivity index (χ1) is 10.1. The smallest absolute Gasteiger partial charge is 0.503 e. The summed E-state index contributed by atoms with van der Waals surface area (Å²) >= 11 is 3.33. The van der Waals surface area contributed by atoms with Gasteiger partial charge in [0.05, 0.1) is 4.47 Å². The summed E-state index contributed by atoms with van der Waals surface area (Å²) < 4.78 is 0.687. The quantitative estimate of drug-likeness (QED) is 0.629. The molecule has 2 rings (SSSR count). The van der Waals surface area contributed by atoms with E-state index in [9.17, 15) is 10.2 Å². The van der Waals surface area contributed by atoms with Gasteiger partial charge in [-0.2, -0.15) is 0 Å². The predicted octanol–water partition coefficient (Wildman–Crippen LogP) is 4.41. The van der Waals surface area contributed by atoms with E-state index in [4.69, 9.17) is 15.0 Å². The molecule has 0 heterocycles. The molecule has 0 atom stereocenters. The first-order valence-corrected chi connectivity index (χ1v) is 7.14. The number of halogens is 1.